The summed E-state index contributed by atoms with van der Waals surface area (Å²) in [4.78, 5) is 37.2. The zero-order valence-corrected chi connectivity index (χ0v) is 14.1. The molecule has 2 atom stereocenters. The van der Waals surface area contributed by atoms with Gasteiger partial charge in [0.05, 0.1) is 17.2 Å². The van der Waals surface area contributed by atoms with E-state index < -0.39 is 0 Å². The van der Waals surface area contributed by atoms with Crippen molar-refractivity contribution in [3.8, 4) is 0 Å². The fraction of sp³-hybridized carbons (Fsp3) is 0.647. The molecule has 124 valence electrons. The summed E-state index contributed by atoms with van der Waals surface area (Å²) < 4.78 is 0. The van der Waals surface area contributed by atoms with E-state index in [2.05, 4.69) is 21.8 Å². The number of rotatable bonds is 4. The molecule has 3 aliphatic rings. The molecule has 3 aliphatic heterocycles. The third kappa shape index (κ3) is 2.94. The summed E-state index contributed by atoms with van der Waals surface area (Å²) in [5.74, 6) is 0.934. The smallest absolute Gasteiger partial charge is 0.227 e. The van der Waals surface area contributed by atoms with Gasteiger partial charge in [-0.1, -0.05) is 6.92 Å². The SMILES string of the molecule is CCCN1C(=O)[C@H]2CC[C@@H]1CN(c1ncc(C(C)=O)c(C)n1)C2. The molecule has 0 aliphatic carbocycles. The van der Waals surface area contributed by atoms with Gasteiger partial charge < -0.3 is 9.80 Å². The molecule has 3 saturated heterocycles. The van der Waals surface area contributed by atoms with Crippen molar-refractivity contribution >= 4 is 17.6 Å². The van der Waals surface area contributed by atoms with E-state index >= 15 is 0 Å². The van der Waals surface area contributed by atoms with Crippen molar-refractivity contribution in [2.75, 3.05) is 24.5 Å². The van der Waals surface area contributed by atoms with E-state index in [1.54, 1.807) is 6.20 Å². The first-order valence-corrected chi connectivity index (χ1v) is 8.41. The highest BCUT2D eigenvalue weighted by Gasteiger charge is 2.40. The average molecular weight is 316 g/mol. The lowest BCUT2D eigenvalue weighted by Gasteiger charge is -2.35. The van der Waals surface area contributed by atoms with Gasteiger partial charge in [0, 0.05) is 31.9 Å². The van der Waals surface area contributed by atoms with Crippen LogP contribution >= 0.6 is 0 Å². The van der Waals surface area contributed by atoms with E-state index in [0.29, 0.717) is 23.8 Å². The van der Waals surface area contributed by atoms with Crippen molar-refractivity contribution in [1.29, 1.82) is 0 Å². The van der Waals surface area contributed by atoms with Gasteiger partial charge >= 0.3 is 0 Å². The Balaban J connectivity index is 1.86. The third-order valence-corrected chi connectivity index (χ3v) is 4.89. The number of hydrogen-bond acceptors (Lipinski definition) is 5. The number of fused-ring (bicyclic) bond motifs is 4. The van der Waals surface area contributed by atoms with E-state index in [1.165, 1.54) is 6.92 Å². The highest BCUT2D eigenvalue weighted by molar-refractivity contribution is 5.94. The largest absolute Gasteiger partial charge is 0.338 e. The van der Waals surface area contributed by atoms with Crippen LogP contribution in [-0.4, -0.2) is 52.2 Å². The van der Waals surface area contributed by atoms with E-state index in [1.807, 2.05) is 11.8 Å². The second kappa shape index (κ2) is 6.26. The summed E-state index contributed by atoms with van der Waals surface area (Å²) in [6.07, 6.45) is 4.60. The fourth-order valence-corrected chi connectivity index (χ4v) is 3.69. The number of carbonyl (C=O) groups excluding carboxylic acids is 2. The van der Waals surface area contributed by atoms with Crippen molar-refractivity contribution < 1.29 is 9.59 Å². The Morgan fingerprint density at radius 1 is 1.35 bits per heavy atom. The molecule has 6 nitrogen and oxygen atoms in total. The Morgan fingerprint density at radius 3 is 2.78 bits per heavy atom. The lowest BCUT2D eigenvalue weighted by atomic mass is 9.94. The molecule has 0 aromatic carbocycles. The number of carbonyl (C=O) groups is 2. The summed E-state index contributed by atoms with van der Waals surface area (Å²) in [6.45, 7) is 7.75. The minimum absolute atomic E-state index is 0.0192. The highest BCUT2D eigenvalue weighted by Crippen LogP contribution is 2.30. The summed E-state index contributed by atoms with van der Waals surface area (Å²) >= 11 is 0. The lowest BCUT2D eigenvalue weighted by molar-refractivity contribution is -0.139. The minimum Gasteiger partial charge on any atom is -0.338 e. The van der Waals surface area contributed by atoms with Crippen LogP contribution < -0.4 is 4.90 Å². The maximum Gasteiger partial charge on any atom is 0.227 e. The lowest BCUT2D eigenvalue weighted by Crippen LogP contribution is -2.48. The Morgan fingerprint density at radius 2 is 2.13 bits per heavy atom. The average Bonchev–Trinajstić information content (AvgIpc) is 2.80. The van der Waals surface area contributed by atoms with Gasteiger partial charge in [-0.3, -0.25) is 9.59 Å². The molecule has 1 amide bonds. The zero-order chi connectivity index (χ0) is 16.6. The molecule has 0 unspecified atom stereocenters. The van der Waals surface area contributed by atoms with Gasteiger partial charge in [-0.15, -0.1) is 0 Å². The number of hydrogen-bond donors (Lipinski definition) is 0. The Bertz CT molecular complexity index is 631. The summed E-state index contributed by atoms with van der Waals surface area (Å²) in [5.41, 5.74) is 1.27. The molecule has 1 aromatic rings. The van der Waals surface area contributed by atoms with Crippen molar-refractivity contribution in [2.45, 2.75) is 46.1 Å². The summed E-state index contributed by atoms with van der Waals surface area (Å²) in [7, 11) is 0. The van der Waals surface area contributed by atoms with Gasteiger partial charge in [0.25, 0.3) is 0 Å². The fourth-order valence-electron chi connectivity index (χ4n) is 3.69. The maximum absolute atomic E-state index is 12.6. The van der Waals surface area contributed by atoms with Crippen molar-refractivity contribution in [3.63, 3.8) is 0 Å². The number of aryl methyl sites for hydroxylation is 1. The van der Waals surface area contributed by atoms with Crippen LogP contribution in [0, 0.1) is 12.8 Å². The molecule has 1 aromatic heterocycles. The van der Waals surface area contributed by atoms with Gasteiger partial charge in [-0.25, -0.2) is 9.97 Å². The molecule has 3 fully saturated rings. The molecule has 0 spiro atoms. The topological polar surface area (TPSA) is 66.4 Å². The molecular weight excluding hydrogens is 292 g/mol. The van der Waals surface area contributed by atoms with Gasteiger partial charge in [0.15, 0.2) is 5.78 Å². The number of aromatic nitrogens is 2. The number of nitrogens with zero attached hydrogens (tertiary/aromatic N) is 4. The van der Waals surface area contributed by atoms with E-state index in [-0.39, 0.29) is 23.7 Å². The third-order valence-electron chi connectivity index (χ3n) is 4.89. The maximum atomic E-state index is 12.6. The van der Waals surface area contributed by atoms with Gasteiger partial charge in [-0.2, -0.15) is 0 Å². The quantitative estimate of drug-likeness (QED) is 0.793. The van der Waals surface area contributed by atoms with Crippen LogP contribution in [0.1, 0.15) is 49.2 Å². The Labute approximate surface area is 136 Å². The molecule has 23 heavy (non-hydrogen) atoms. The predicted octanol–water partition coefficient (Wildman–Crippen LogP) is 1.82. The Kier molecular flexibility index (Phi) is 4.33. The predicted molar refractivity (Wildman–Crippen MR) is 87.5 cm³/mol. The van der Waals surface area contributed by atoms with Crippen LogP contribution in [0.25, 0.3) is 0 Å². The molecular formula is C17H24N4O2. The monoisotopic (exact) mass is 316 g/mol. The number of anilines is 1. The first-order valence-electron chi connectivity index (χ1n) is 8.41. The summed E-state index contributed by atoms with van der Waals surface area (Å²) in [6, 6.07) is 0.248. The van der Waals surface area contributed by atoms with Gasteiger partial charge in [0.1, 0.15) is 0 Å². The van der Waals surface area contributed by atoms with Crippen LogP contribution in [0.5, 0.6) is 0 Å². The summed E-state index contributed by atoms with van der Waals surface area (Å²) in [5, 5.41) is 0. The second-order valence-corrected chi connectivity index (χ2v) is 6.59. The van der Waals surface area contributed by atoms with Gasteiger partial charge in [0.2, 0.25) is 11.9 Å². The zero-order valence-electron chi connectivity index (χ0n) is 14.1. The van der Waals surface area contributed by atoms with Crippen LogP contribution in [-0.2, 0) is 4.79 Å². The normalized spacial score (nSPS) is 24.0. The van der Waals surface area contributed by atoms with Crippen molar-refractivity contribution in [3.05, 3.63) is 17.5 Å². The molecule has 4 rings (SSSR count). The molecule has 0 saturated carbocycles. The highest BCUT2D eigenvalue weighted by atomic mass is 16.2. The van der Waals surface area contributed by atoms with E-state index in [0.717, 1.165) is 32.4 Å². The first-order chi connectivity index (χ1) is 11.0. The van der Waals surface area contributed by atoms with Crippen LogP contribution in [0.15, 0.2) is 6.20 Å². The first kappa shape index (κ1) is 15.9. The number of ketones is 1. The number of Topliss-reactive ketones (excluding diaryl/α,β-unsaturated/α-hetero) is 1. The van der Waals surface area contributed by atoms with E-state index in [4.69, 9.17) is 0 Å². The number of amides is 1. The molecule has 6 heteroatoms. The standard InChI is InChI=1S/C17H24N4O2/c1-4-7-21-14-6-5-13(16(21)23)9-20(10-14)17-18-8-15(12(3)22)11(2)19-17/h8,13-14H,4-7,9-10H2,1-3H3/t13-,14+/m0/s1. The molecule has 2 bridgehead atoms. The second-order valence-electron chi connectivity index (χ2n) is 6.59. The molecule has 0 N–H and O–H groups in total. The van der Waals surface area contributed by atoms with Crippen molar-refractivity contribution in [2.24, 2.45) is 5.92 Å². The minimum atomic E-state index is -0.0192. The molecule has 4 heterocycles. The Hall–Kier alpha value is -1.98. The van der Waals surface area contributed by atoms with Crippen molar-refractivity contribution in [1.82, 2.24) is 14.9 Å². The number of piperidine rings is 1. The van der Waals surface area contributed by atoms with Crippen LogP contribution in [0.2, 0.25) is 0 Å². The van der Waals surface area contributed by atoms with Gasteiger partial charge in [-0.05, 0) is 33.1 Å². The van der Waals surface area contributed by atoms with Crippen LogP contribution in [0.3, 0.4) is 0 Å². The van der Waals surface area contributed by atoms with Crippen LogP contribution in [0.4, 0.5) is 5.95 Å². The van der Waals surface area contributed by atoms with E-state index in [9.17, 15) is 9.59 Å². The molecule has 0 radical (unpaired) electrons.